The maximum absolute atomic E-state index is 5.87. The highest BCUT2D eigenvalue weighted by molar-refractivity contribution is 5.28. The summed E-state index contributed by atoms with van der Waals surface area (Å²) in [5.74, 6) is 0.573. The first-order valence-electron chi connectivity index (χ1n) is 7.33. The molecule has 2 unspecified atom stereocenters. The zero-order valence-electron chi connectivity index (χ0n) is 12.3. The van der Waals surface area contributed by atoms with Gasteiger partial charge in [-0.05, 0) is 23.6 Å². The summed E-state index contributed by atoms with van der Waals surface area (Å²) in [6.45, 7) is 10.0. The molecule has 2 N–H and O–H groups in total. The Bertz CT molecular complexity index is 376. The summed E-state index contributed by atoms with van der Waals surface area (Å²) in [6, 6.07) is 9.23. The van der Waals surface area contributed by atoms with Gasteiger partial charge in [-0.15, -0.1) is 0 Å². The molecule has 1 aliphatic rings. The lowest BCUT2D eigenvalue weighted by Crippen LogP contribution is -2.48. The Kier molecular flexibility index (Phi) is 4.97. The SMILES string of the molecule is CCN1CCOC(CN)C1c1ccc(C(C)C)cc1. The molecular formula is C16H26N2O. The Morgan fingerprint density at radius 2 is 2.00 bits per heavy atom. The summed E-state index contributed by atoms with van der Waals surface area (Å²) in [5.41, 5.74) is 8.58. The smallest absolute Gasteiger partial charge is 0.0894 e. The minimum absolute atomic E-state index is 0.110. The lowest BCUT2D eigenvalue weighted by molar-refractivity contribution is -0.0658. The molecule has 2 rings (SSSR count). The van der Waals surface area contributed by atoms with Gasteiger partial charge >= 0.3 is 0 Å². The van der Waals surface area contributed by atoms with Crippen molar-refractivity contribution in [2.24, 2.45) is 5.73 Å². The first kappa shape index (κ1) is 14.5. The van der Waals surface area contributed by atoms with Crippen LogP contribution in [0.4, 0.5) is 0 Å². The number of hydrogen-bond donors (Lipinski definition) is 1. The van der Waals surface area contributed by atoms with Gasteiger partial charge in [0.05, 0.1) is 18.8 Å². The van der Waals surface area contributed by atoms with Gasteiger partial charge in [0.2, 0.25) is 0 Å². The van der Waals surface area contributed by atoms with Crippen molar-refractivity contribution >= 4 is 0 Å². The number of nitrogens with zero attached hydrogens (tertiary/aromatic N) is 1. The number of ether oxygens (including phenoxy) is 1. The van der Waals surface area contributed by atoms with Crippen LogP contribution in [0.15, 0.2) is 24.3 Å². The van der Waals surface area contributed by atoms with Crippen LogP contribution in [0.3, 0.4) is 0 Å². The monoisotopic (exact) mass is 262 g/mol. The predicted molar refractivity (Wildman–Crippen MR) is 79.3 cm³/mol. The van der Waals surface area contributed by atoms with Gasteiger partial charge in [-0.25, -0.2) is 0 Å². The fraction of sp³-hybridized carbons (Fsp3) is 0.625. The zero-order chi connectivity index (χ0) is 13.8. The Hall–Kier alpha value is -0.900. The molecule has 19 heavy (non-hydrogen) atoms. The minimum Gasteiger partial charge on any atom is -0.374 e. The highest BCUT2D eigenvalue weighted by Crippen LogP contribution is 2.29. The molecule has 0 spiro atoms. The number of morpholine rings is 1. The first-order valence-corrected chi connectivity index (χ1v) is 7.33. The molecule has 1 fully saturated rings. The lowest BCUT2D eigenvalue weighted by atomic mass is 9.94. The number of rotatable bonds is 4. The summed E-state index contributed by atoms with van der Waals surface area (Å²) in [7, 11) is 0. The van der Waals surface area contributed by atoms with Gasteiger partial charge in [0, 0.05) is 13.1 Å². The summed E-state index contributed by atoms with van der Waals surface area (Å²) >= 11 is 0. The molecule has 1 aromatic rings. The van der Waals surface area contributed by atoms with Crippen LogP contribution in [0, 0.1) is 0 Å². The van der Waals surface area contributed by atoms with Gasteiger partial charge in [-0.3, -0.25) is 4.90 Å². The molecule has 1 aliphatic heterocycles. The third kappa shape index (κ3) is 3.16. The molecule has 0 amide bonds. The van der Waals surface area contributed by atoms with Crippen LogP contribution in [-0.2, 0) is 4.74 Å². The third-order valence-corrected chi connectivity index (χ3v) is 4.04. The van der Waals surface area contributed by atoms with Crippen molar-refractivity contribution in [3.8, 4) is 0 Å². The average Bonchev–Trinajstić information content (AvgIpc) is 2.46. The van der Waals surface area contributed by atoms with Crippen LogP contribution in [0.25, 0.3) is 0 Å². The summed E-state index contributed by atoms with van der Waals surface area (Å²) in [4.78, 5) is 2.46. The fourth-order valence-corrected chi connectivity index (χ4v) is 2.84. The zero-order valence-corrected chi connectivity index (χ0v) is 12.3. The molecule has 106 valence electrons. The number of benzene rings is 1. The molecular weight excluding hydrogens is 236 g/mol. The standard InChI is InChI=1S/C16H26N2O/c1-4-18-9-10-19-15(11-17)16(18)14-7-5-13(6-8-14)12(2)3/h5-8,12,15-16H,4,9-11,17H2,1-3H3. The largest absolute Gasteiger partial charge is 0.374 e. The van der Waals surface area contributed by atoms with Crippen molar-refractivity contribution in [3.63, 3.8) is 0 Å². The maximum atomic E-state index is 5.87. The molecule has 0 radical (unpaired) electrons. The van der Waals surface area contributed by atoms with E-state index >= 15 is 0 Å². The Balaban J connectivity index is 2.24. The maximum Gasteiger partial charge on any atom is 0.0894 e. The van der Waals surface area contributed by atoms with E-state index in [4.69, 9.17) is 10.5 Å². The van der Waals surface area contributed by atoms with Crippen LogP contribution < -0.4 is 5.73 Å². The van der Waals surface area contributed by atoms with E-state index in [-0.39, 0.29) is 6.10 Å². The molecule has 1 saturated heterocycles. The van der Waals surface area contributed by atoms with E-state index < -0.39 is 0 Å². The molecule has 0 aromatic heterocycles. The second-order valence-corrected chi connectivity index (χ2v) is 5.54. The molecule has 3 heteroatoms. The molecule has 2 atom stereocenters. The van der Waals surface area contributed by atoms with Crippen molar-refractivity contribution in [1.82, 2.24) is 4.90 Å². The van der Waals surface area contributed by atoms with Crippen LogP contribution in [0.1, 0.15) is 43.9 Å². The quantitative estimate of drug-likeness (QED) is 0.906. The van der Waals surface area contributed by atoms with Gasteiger partial charge in [-0.1, -0.05) is 45.0 Å². The van der Waals surface area contributed by atoms with Crippen molar-refractivity contribution in [2.45, 2.75) is 38.8 Å². The Morgan fingerprint density at radius 1 is 1.32 bits per heavy atom. The lowest BCUT2D eigenvalue weighted by Gasteiger charge is -2.40. The van der Waals surface area contributed by atoms with Crippen molar-refractivity contribution < 1.29 is 4.74 Å². The molecule has 0 saturated carbocycles. The van der Waals surface area contributed by atoms with Gasteiger partial charge in [-0.2, -0.15) is 0 Å². The number of nitrogens with two attached hydrogens (primary N) is 1. The second-order valence-electron chi connectivity index (χ2n) is 5.54. The van der Waals surface area contributed by atoms with Gasteiger partial charge in [0.25, 0.3) is 0 Å². The fourth-order valence-electron chi connectivity index (χ4n) is 2.84. The van der Waals surface area contributed by atoms with Crippen LogP contribution >= 0.6 is 0 Å². The van der Waals surface area contributed by atoms with Gasteiger partial charge in [0.15, 0.2) is 0 Å². The van der Waals surface area contributed by atoms with E-state index in [1.807, 2.05) is 0 Å². The summed E-state index contributed by atoms with van der Waals surface area (Å²) < 4.78 is 5.84. The first-order chi connectivity index (χ1) is 9.17. The normalized spacial score (nSPS) is 24.9. The molecule has 0 bridgehead atoms. The third-order valence-electron chi connectivity index (χ3n) is 4.04. The summed E-state index contributed by atoms with van der Waals surface area (Å²) in [6.07, 6.45) is 0.110. The van der Waals surface area contributed by atoms with Crippen molar-refractivity contribution in [3.05, 3.63) is 35.4 Å². The molecule has 0 aliphatic carbocycles. The molecule has 1 aromatic carbocycles. The Labute approximate surface area is 116 Å². The number of hydrogen-bond acceptors (Lipinski definition) is 3. The Morgan fingerprint density at radius 3 is 2.53 bits per heavy atom. The van der Waals surface area contributed by atoms with Gasteiger partial charge < -0.3 is 10.5 Å². The van der Waals surface area contributed by atoms with E-state index in [0.717, 1.165) is 19.7 Å². The highest BCUT2D eigenvalue weighted by Gasteiger charge is 2.31. The van der Waals surface area contributed by atoms with E-state index in [1.165, 1.54) is 11.1 Å². The summed E-state index contributed by atoms with van der Waals surface area (Å²) in [5, 5.41) is 0. The van der Waals surface area contributed by atoms with Crippen LogP contribution in [-0.4, -0.2) is 37.2 Å². The molecule has 3 nitrogen and oxygen atoms in total. The average molecular weight is 262 g/mol. The number of likely N-dealkylation sites (N-methyl/N-ethyl adjacent to an activating group) is 1. The van der Waals surface area contributed by atoms with E-state index in [0.29, 0.717) is 18.5 Å². The van der Waals surface area contributed by atoms with Crippen molar-refractivity contribution in [1.29, 1.82) is 0 Å². The van der Waals surface area contributed by atoms with Gasteiger partial charge in [0.1, 0.15) is 0 Å². The molecule has 1 heterocycles. The van der Waals surface area contributed by atoms with E-state index in [1.54, 1.807) is 0 Å². The van der Waals surface area contributed by atoms with Crippen LogP contribution in [0.5, 0.6) is 0 Å². The van der Waals surface area contributed by atoms with Crippen LogP contribution in [0.2, 0.25) is 0 Å². The second kappa shape index (κ2) is 6.51. The van der Waals surface area contributed by atoms with E-state index in [2.05, 4.69) is 49.9 Å². The topological polar surface area (TPSA) is 38.5 Å². The van der Waals surface area contributed by atoms with Crippen molar-refractivity contribution in [2.75, 3.05) is 26.2 Å². The predicted octanol–water partition coefficient (Wildman–Crippen LogP) is 2.53. The minimum atomic E-state index is 0.110. The van der Waals surface area contributed by atoms with E-state index in [9.17, 15) is 0 Å². The highest BCUT2D eigenvalue weighted by atomic mass is 16.5.